The second kappa shape index (κ2) is 5.31. The molecule has 2 rings (SSSR count). The van der Waals surface area contributed by atoms with Crippen LogP contribution in [0.4, 0.5) is 21.5 Å². The minimum Gasteiger partial charge on any atom is -0.397 e. The molecule has 0 spiro atoms. The molecule has 0 saturated heterocycles. The van der Waals surface area contributed by atoms with Crippen LogP contribution in [0.3, 0.4) is 0 Å². The predicted octanol–water partition coefficient (Wildman–Crippen LogP) is 1.96. The van der Waals surface area contributed by atoms with Crippen LogP contribution in [-0.4, -0.2) is 15.8 Å². The third kappa shape index (κ3) is 2.69. The molecule has 0 aliphatic heterocycles. The maximum absolute atomic E-state index is 13.4. The fourth-order valence-electron chi connectivity index (χ4n) is 1.53. The van der Waals surface area contributed by atoms with Gasteiger partial charge in [0.2, 0.25) is 5.82 Å². The molecule has 8 heteroatoms. The van der Waals surface area contributed by atoms with E-state index in [4.69, 9.17) is 5.73 Å². The number of carbonyl (C=O) groups is 1. The number of pyridine rings is 1. The number of carbonyl (C=O) groups excluding carboxylic acids is 1. The number of nitrogens with two attached hydrogens (primary N) is 1. The van der Waals surface area contributed by atoms with Crippen molar-refractivity contribution in [1.82, 2.24) is 4.98 Å². The van der Waals surface area contributed by atoms with Crippen molar-refractivity contribution in [3.8, 4) is 0 Å². The number of hydrogen-bond donors (Lipinski definition) is 2. The predicted molar refractivity (Wildman–Crippen MR) is 69.7 cm³/mol. The highest BCUT2D eigenvalue weighted by Gasteiger charge is 2.16. The second-order valence-corrected chi connectivity index (χ2v) is 3.82. The van der Waals surface area contributed by atoms with E-state index in [9.17, 15) is 19.3 Å². The van der Waals surface area contributed by atoms with Gasteiger partial charge in [0.1, 0.15) is 0 Å². The number of nitro groups is 1. The van der Waals surface area contributed by atoms with Crippen LogP contribution in [0.25, 0.3) is 0 Å². The van der Waals surface area contributed by atoms with Crippen molar-refractivity contribution in [2.75, 3.05) is 11.1 Å². The highest BCUT2D eigenvalue weighted by Crippen LogP contribution is 2.21. The van der Waals surface area contributed by atoms with Crippen molar-refractivity contribution in [3.63, 3.8) is 0 Å². The Morgan fingerprint density at radius 3 is 2.75 bits per heavy atom. The topological polar surface area (TPSA) is 111 Å². The van der Waals surface area contributed by atoms with Crippen LogP contribution in [0, 0.1) is 15.9 Å². The van der Waals surface area contributed by atoms with Gasteiger partial charge in [0.05, 0.1) is 10.6 Å². The SMILES string of the molecule is Nc1cccnc1C(=O)Nc1ccc([N+](=O)[O-])c(F)c1. The molecule has 1 amide bonds. The Balaban J connectivity index is 2.23. The third-order valence-corrected chi connectivity index (χ3v) is 2.46. The molecular weight excluding hydrogens is 267 g/mol. The zero-order valence-electron chi connectivity index (χ0n) is 10.0. The summed E-state index contributed by atoms with van der Waals surface area (Å²) < 4.78 is 13.4. The number of benzene rings is 1. The molecule has 102 valence electrons. The third-order valence-electron chi connectivity index (χ3n) is 2.46. The van der Waals surface area contributed by atoms with Crippen LogP contribution in [0.1, 0.15) is 10.5 Å². The molecule has 7 nitrogen and oxygen atoms in total. The number of rotatable bonds is 3. The van der Waals surface area contributed by atoms with Gasteiger partial charge in [0, 0.05) is 24.0 Å². The summed E-state index contributed by atoms with van der Waals surface area (Å²) in [5, 5.41) is 12.8. The molecule has 0 unspecified atom stereocenters. The normalized spacial score (nSPS) is 10.1. The van der Waals surface area contributed by atoms with E-state index in [1.54, 1.807) is 6.07 Å². The lowest BCUT2D eigenvalue weighted by Gasteiger charge is -2.06. The fourth-order valence-corrected chi connectivity index (χ4v) is 1.53. The molecule has 0 aliphatic carbocycles. The molecule has 0 bridgehead atoms. The first-order chi connectivity index (χ1) is 9.49. The summed E-state index contributed by atoms with van der Waals surface area (Å²) in [6, 6.07) is 6.11. The molecule has 1 aromatic heterocycles. The molecule has 1 heterocycles. The van der Waals surface area contributed by atoms with Gasteiger partial charge in [-0.15, -0.1) is 0 Å². The first-order valence-electron chi connectivity index (χ1n) is 5.45. The van der Waals surface area contributed by atoms with E-state index in [1.807, 2.05) is 0 Å². The minimum atomic E-state index is -1.04. The summed E-state index contributed by atoms with van der Waals surface area (Å²) in [6.45, 7) is 0. The van der Waals surface area contributed by atoms with E-state index < -0.39 is 22.3 Å². The number of aromatic nitrogens is 1. The van der Waals surface area contributed by atoms with Gasteiger partial charge in [-0.2, -0.15) is 4.39 Å². The first-order valence-corrected chi connectivity index (χ1v) is 5.45. The van der Waals surface area contributed by atoms with E-state index in [0.29, 0.717) is 0 Å². The molecule has 0 aliphatic rings. The van der Waals surface area contributed by atoms with Gasteiger partial charge in [0.15, 0.2) is 5.69 Å². The highest BCUT2D eigenvalue weighted by atomic mass is 19.1. The standard InChI is InChI=1S/C12H9FN4O3/c13-8-6-7(3-4-10(8)17(19)20)16-12(18)11-9(14)2-1-5-15-11/h1-6H,14H2,(H,16,18). The van der Waals surface area contributed by atoms with E-state index >= 15 is 0 Å². The van der Waals surface area contributed by atoms with E-state index in [-0.39, 0.29) is 17.1 Å². The maximum Gasteiger partial charge on any atom is 0.304 e. The molecule has 1 aromatic carbocycles. The second-order valence-electron chi connectivity index (χ2n) is 3.82. The van der Waals surface area contributed by atoms with E-state index in [1.165, 1.54) is 18.3 Å². The van der Waals surface area contributed by atoms with Crippen molar-refractivity contribution in [3.05, 3.63) is 58.2 Å². The molecule has 2 aromatic rings. The molecule has 0 radical (unpaired) electrons. The van der Waals surface area contributed by atoms with E-state index in [2.05, 4.69) is 10.3 Å². The van der Waals surface area contributed by atoms with Gasteiger partial charge in [-0.3, -0.25) is 14.9 Å². The molecule has 3 N–H and O–H groups in total. The van der Waals surface area contributed by atoms with Crippen LogP contribution in [0.5, 0.6) is 0 Å². The Morgan fingerprint density at radius 2 is 2.15 bits per heavy atom. The summed E-state index contributed by atoms with van der Waals surface area (Å²) in [7, 11) is 0. The van der Waals surface area contributed by atoms with Crippen LogP contribution < -0.4 is 11.1 Å². The van der Waals surface area contributed by atoms with Gasteiger partial charge in [-0.25, -0.2) is 4.98 Å². The summed E-state index contributed by atoms with van der Waals surface area (Å²) in [6.07, 6.45) is 1.39. The minimum absolute atomic E-state index is 0.00809. The number of anilines is 2. The molecular formula is C12H9FN4O3. The Bertz CT molecular complexity index is 690. The number of hydrogen-bond acceptors (Lipinski definition) is 5. The number of amides is 1. The quantitative estimate of drug-likeness (QED) is 0.657. The van der Waals surface area contributed by atoms with Crippen molar-refractivity contribution in [2.45, 2.75) is 0 Å². The Hall–Kier alpha value is -3.03. The van der Waals surface area contributed by atoms with Crippen LogP contribution in [0.15, 0.2) is 36.5 Å². The lowest BCUT2D eigenvalue weighted by atomic mass is 10.2. The number of nitrogen functional groups attached to an aromatic ring is 1. The Kier molecular flexibility index (Phi) is 3.56. The van der Waals surface area contributed by atoms with E-state index in [0.717, 1.165) is 12.1 Å². The van der Waals surface area contributed by atoms with Crippen LogP contribution >= 0.6 is 0 Å². The zero-order valence-corrected chi connectivity index (χ0v) is 10.0. The van der Waals surface area contributed by atoms with Crippen molar-refractivity contribution < 1.29 is 14.1 Å². The highest BCUT2D eigenvalue weighted by molar-refractivity contribution is 6.06. The lowest BCUT2D eigenvalue weighted by Crippen LogP contribution is -2.15. The van der Waals surface area contributed by atoms with Crippen LogP contribution in [0.2, 0.25) is 0 Å². The smallest absolute Gasteiger partial charge is 0.304 e. The summed E-state index contributed by atoms with van der Waals surface area (Å²) in [5.74, 6) is -1.67. The molecule has 0 fully saturated rings. The lowest BCUT2D eigenvalue weighted by molar-refractivity contribution is -0.387. The Labute approximate surface area is 112 Å². The monoisotopic (exact) mass is 276 g/mol. The van der Waals surface area contributed by atoms with Gasteiger partial charge in [-0.1, -0.05) is 0 Å². The number of nitro benzene ring substituents is 1. The fraction of sp³-hybridized carbons (Fsp3) is 0. The average Bonchev–Trinajstić information content (AvgIpc) is 2.38. The number of nitrogens with one attached hydrogen (secondary N) is 1. The van der Waals surface area contributed by atoms with Crippen molar-refractivity contribution in [2.24, 2.45) is 0 Å². The number of halogens is 1. The summed E-state index contributed by atoms with van der Waals surface area (Å²) in [5.41, 5.74) is 5.15. The van der Waals surface area contributed by atoms with Gasteiger partial charge in [-0.05, 0) is 18.2 Å². The number of nitrogens with zero attached hydrogens (tertiary/aromatic N) is 2. The van der Waals surface area contributed by atoms with Crippen molar-refractivity contribution >= 4 is 23.0 Å². The maximum atomic E-state index is 13.4. The summed E-state index contributed by atoms with van der Waals surface area (Å²) in [4.78, 5) is 25.3. The van der Waals surface area contributed by atoms with Gasteiger partial charge in [0.25, 0.3) is 5.91 Å². The zero-order chi connectivity index (χ0) is 14.7. The largest absolute Gasteiger partial charge is 0.397 e. The summed E-state index contributed by atoms with van der Waals surface area (Å²) >= 11 is 0. The first kappa shape index (κ1) is 13.4. The Morgan fingerprint density at radius 1 is 1.40 bits per heavy atom. The average molecular weight is 276 g/mol. The molecule has 0 saturated carbocycles. The van der Waals surface area contributed by atoms with Gasteiger partial charge < -0.3 is 11.1 Å². The molecule has 0 atom stereocenters. The molecule has 20 heavy (non-hydrogen) atoms. The van der Waals surface area contributed by atoms with Crippen molar-refractivity contribution in [1.29, 1.82) is 0 Å². The van der Waals surface area contributed by atoms with Crippen LogP contribution in [-0.2, 0) is 0 Å². The van der Waals surface area contributed by atoms with Gasteiger partial charge >= 0.3 is 5.69 Å².